The van der Waals surface area contributed by atoms with Crippen LogP contribution in [0.4, 0.5) is 0 Å². The van der Waals surface area contributed by atoms with E-state index < -0.39 is 15.9 Å². The summed E-state index contributed by atoms with van der Waals surface area (Å²) in [7, 11) is -3.37. The number of fused-ring (bicyclic) bond motifs is 1. The highest BCUT2D eigenvalue weighted by atomic mass is 79.9. The molecule has 0 aliphatic carbocycles. The molecular weight excluding hydrogens is 468 g/mol. The van der Waals surface area contributed by atoms with E-state index >= 15 is 0 Å². The van der Waals surface area contributed by atoms with Gasteiger partial charge in [0.05, 0.1) is 10.6 Å². The van der Waals surface area contributed by atoms with Crippen LogP contribution < -0.4 is 9.47 Å². The van der Waals surface area contributed by atoms with Crippen molar-refractivity contribution in [3.05, 3.63) is 58.9 Å². The van der Waals surface area contributed by atoms with E-state index in [0.29, 0.717) is 28.4 Å². The van der Waals surface area contributed by atoms with E-state index in [4.69, 9.17) is 13.9 Å². The second kappa shape index (κ2) is 8.14. The normalized spacial score (nSPS) is 16.1. The van der Waals surface area contributed by atoms with Gasteiger partial charge in [-0.3, -0.25) is 0 Å². The van der Waals surface area contributed by atoms with Crippen molar-refractivity contribution in [3.63, 3.8) is 0 Å². The largest absolute Gasteiger partial charge is 0.485 e. The van der Waals surface area contributed by atoms with Gasteiger partial charge < -0.3 is 13.9 Å². The average Bonchev–Trinajstić information content (AvgIpc) is 3.17. The summed E-state index contributed by atoms with van der Waals surface area (Å²) in [5.74, 6) is 1.85. The molecule has 0 fully saturated rings. The van der Waals surface area contributed by atoms with Crippen molar-refractivity contribution in [2.24, 2.45) is 0 Å². The quantitative estimate of drug-likeness (QED) is 0.488. The third kappa shape index (κ3) is 4.34. The van der Waals surface area contributed by atoms with Gasteiger partial charge in [-0.25, -0.2) is 8.42 Å². The summed E-state index contributed by atoms with van der Waals surface area (Å²) in [6, 6.07) is 13.9. The van der Waals surface area contributed by atoms with Gasteiger partial charge in [-0.05, 0) is 36.4 Å². The fraction of sp³-hybridized carbons (Fsp3) is 0.222. The second-order valence-corrected chi connectivity index (χ2v) is 9.96. The number of para-hydroxylation sites is 2. The Morgan fingerprint density at radius 2 is 1.82 bits per heavy atom. The Hall–Kier alpha value is -2.04. The number of nitrogens with zero attached hydrogens (tertiary/aromatic N) is 2. The lowest BCUT2D eigenvalue weighted by Gasteiger charge is -2.23. The van der Waals surface area contributed by atoms with Crippen molar-refractivity contribution in [2.75, 3.05) is 18.1 Å². The molecule has 4 rings (SSSR count). The van der Waals surface area contributed by atoms with E-state index in [1.807, 2.05) is 18.2 Å². The summed E-state index contributed by atoms with van der Waals surface area (Å²) in [4.78, 5) is 0.286. The lowest BCUT2D eigenvalue weighted by Crippen LogP contribution is -2.21. The molecule has 1 unspecified atom stereocenters. The first-order valence-corrected chi connectivity index (χ1v) is 11.8. The van der Waals surface area contributed by atoms with E-state index in [1.54, 1.807) is 30.3 Å². The molecule has 7 nitrogen and oxygen atoms in total. The predicted octanol–water partition coefficient (Wildman–Crippen LogP) is 3.91. The van der Waals surface area contributed by atoms with Gasteiger partial charge in [-0.15, -0.1) is 10.2 Å². The molecule has 1 aliphatic heterocycles. The fourth-order valence-corrected chi connectivity index (χ4v) is 5.23. The minimum Gasteiger partial charge on any atom is -0.485 e. The highest BCUT2D eigenvalue weighted by Crippen LogP contribution is 2.36. The van der Waals surface area contributed by atoms with Crippen LogP contribution in [0.3, 0.4) is 0 Å². The minimum atomic E-state index is -3.37. The zero-order valence-corrected chi connectivity index (χ0v) is 17.7. The Morgan fingerprint density at radius 1 is 1.07 bits per heavy atom. The van der Waals surface area contributed by atoms with Gasteiger partial charge in [-0.1, -0.05) is 39.8 Å². The number of thioether (sulfide) groups is 1. The van der Waals surface area contributed by atoms with E-state index in [9.17, 15) is 8.42 Å². The van der Waals surface area contributed by atoms with E-state index in [-0.39, 0.29) is 17.3 Å². The smallest absolute Gasteiger partial charge is 0.276 e. The maximum atomic E-state index is 12.4. The van der Waals surface area contributed by atoms with Crippen molar-refractivity contribution in [3.8, 4) is 11.5 Å². The average molecular weight is 483 g/mol. The SMILES string of the molecule is O=S(=O)(CCSc1nnc(C2COc3ccccc3O2)o1)c1ccc(Br)cc1. The van der Waals surface area contributed by atoms with Gasteiger partial charge in [0.2, 0.25) is 6.10 Å². The van der Waals surface area contributed by atoms with Crippen LogP contribution in [0.2, 0.25) is 0 Å². The number of halogens is 1. The van der Waals surface area contributed by atoms with Crippen molar-refractivity contribution >= 4 is 37.5 Å². The van der Waals surface area contributed by atoms with E-state index in [0.717, 1.165) is 4.47 Å². The highest BCUT2D eigenvalue weighted by molar-refractivity contribution is 9.10. The highest BCUT2D eigenvalue weighted by Gasteiger charge is 2.27. The van der Waals surface area contributed by atoms with Crippen molar-refractivity contribution in [2.45, 2.75) is 16.2 Å². The third-order valence-corrected chi connectivity index (χ3v) is 7.30. The molecule has 3 aromatic rings. The lowest BCUT2D eigenvalue weighted by atomic mass is 10.2. The number of aromatic nitrogens is 2. The maximum absolute atomic E-state index is 12.4. The summed E-state index contributed by atoms with van der Waals surface area (Å²) < 4.78 is 42.6. The molecular formula is C18H15BrN2O5S2. The standard InChI is InChI=1S/C18H15BrN2O5S2/c19-12-5-7-13(8-6-12)28(22,23)10-9-27-18-21-20-17(26-18)16-11-24-14-3-1-2-4-15(14)25-16/h1-8,16H,9-11H2. The molecule has 0 saturated carbocycles. The molecule has 0 amide bonds. The van der Waals surface area contributed by atoms with E-state index in [2.05, 4.69) is 26.1 Å². The summed E-state index contributed by atoms with van der Waals surface area (Å²) in [5, 5.41) is 8.25. The van der Waals surface area contributed by atoms with Crippen LogP contribution in [0.15, 0.2) is 67.5 Å². The van der Waals surface area contributed by atoms with Crippen LogP contribution in [0.5, 0.6) is 11.5 Å². The minimum absolute atomic E-state index is 0.0343. The molecule has 0 radical (unpaired) electrons. The third-order valence-electron chi connectivity index (χ3n) is 3.96. The topological polar surface area (TPSA) is 91.5 Å². The first-order valence-electron chi connectivity index (χ1n) is 8.34. The predicted molar refractivity (Wildman–Crippen MR) is 107 cm³/mol. The Bertz CT molecular complexity index is 1070. The summed E-state index contributed by atoms with van der Waals surface area (Å²) in [5.41, 5.74) is 0. The molecule has 10 heteroatoms. The summed E-state index contributed by atoms with van der Waals surface area (Å²) in [6.45, 7) is 0.265. The van der Waals surface area contributed by atoms with Gasteiger partial charge in [0.1, 0.15) is 6.61 Å². The zero-order chi connectivity index (χ0) is 19.6. The molecule has 0 bridgehead atoms. The molecule has 0 N–H and O–H groups in total. The number of hydrogen-bond donors (Lipinski definition) is 0. The number of benzene rings is 2. The molecule has 1 atom stereocenters. The molecule has 0 saturated heterocycles. The number of sulfone groups is 1. The Balaban J connectivity index is 1.35. The van der Waals surface area contributed by atoms with Crippen LogP contribution >= 0.6 is 27.7 Å². The number of rotatable bonds is 6. The Kier molecular flexibility index (Phi) is 5.61. The van der Waals surface area contributed by atoms with Gasteiger partial charge in [0.25, 0.3) is 11.1 Å². The van der Waals surface area contributed by atoms with E-state index in [1.165, 1.54) is 11.8 Å². The second-order valence-electron chi connectivity index (χ2n) is 5.89. The summed E-state index contributed by atoms with van der Waals surface area (Å²) in [6.07, 6.45) is -0.497. The molecule has 28 heavy (non-hydrogen) atoms. The van der Waals surface area contributed by atoms with Crippen LogP contribution in [0, 0.1) is 0 Å². The molecule has 2 aromatic carbocycles. The zero-order valence-electron chi connectivity index (χ0n) is 14.4. The van der Waals surface area contributed by atoms with Crippen molar-refractivity contribution < 1.29 is 22.3 Å². The van der Waals surface area contributed by atoms with Crippen LogP contribution in [0.25, 0.3) is 0 Å². The molecule has 1 aromatic heterocycles. The molecule has 1 aliphatic rings. The maximum Gasteiger partial charge on any atom is 0.276 e. The van der Waals surface area contributed by atoms with Crippen molar-refractivity contribution in [1.29, 1.82) is 0 Å². The van der Waals surface area contributed by atoms with Gasteiger partial charge >= 0.3 is 0 Å². The van der Waals surface area contributed by atoms with Gasteiger partial charge in [0.15, 0.2) is 21.3 Å². The van der Waals surface area contributed by atoms with Crippen LogP contribution in [0.1, 0.15) is 12.0 Å². The van der Waals surface area contributed by atoms with Gasteiger partial charge in [-0.2, -0.15) is 0 Å². The summed E-state index contributed by atoms with van der Waals surface area (Å²) >= 11 is 4.48. The van der Waals surface area contributed by atoms with Gasteiger partial charge in [0, 0.05) is 10.2 Å². The number of hydrogen-bond acceptors (Lipinski definition) is 8. The number of ether oxygens (including phenoxy) is 2. The Labute approximate surface area is 174 Å². The van der Waals surface area contributed by atoms with Crippen molar-refractivity contribution in [1.82, 2.24) is 10.2 Å². The van der Waals surface area contributed by atoms with Crippen LogP contribution in [-0.2, 0) is 9.84 Å². The molecule has 146 valence electrons. The molecule has 2 heterocycles. The van der Waals surface area contributed by atoms with Crippen LogP contribution in [-0.4, -0.2) is 36.7 Å². The monoisotopic (exact) mass is 482 g/mol. The first kappa shape index (κ1) is 19.3. The fourth-order valence-electron chi connectivity index (χ4n) is 2.55. The lowest BCUT2D eigenvalue weighted by molar-refractivity contribution is 0.0686. The Morgan fingerprint density at radius 3 is 2.61 bits per heavy atom. The molecule has 0 spiro atoms. The first-order chi connectivity index (χ1) is 13.5.